The van der Waals surface area contributed by atoms with Gasteiger partial charge in [0.1, 0.15) is 23.3 Å². The van der Waals surface area contributed by atoms with Crippen molar-refractivity contribution in [2.75, 3.05) is 33.2 Å². The van der Waals surface area contributed by atoms with Crippen LogP contribution in [0.4, 0.5) is 10.5 Å². The molecule has 2 aromatic carbocycles. The lowest BCUT2D eigenvalue weighted by Crippen LogP contribution is -2.34. The summed E-state index contributed by atoms with van der Waals surface area (Å²) in [6, 6.07) is 12.1. The lowest BCUT2D eigenvalue weighted by atomic mass is 10.2. The van der Waals surface area contributed by atoms with E-state index in [9.17, 15) is 4.79 Å². The molecule has 0 bridgehead atoms. The van der Waals surface area contributed by atoms with Crippen LogP contribution in [-0.4, -0.2) is 48.9 Å². The van der Waals surface area contributed by atoms with Crippen LogP contribution in [0.15, 0.2) is 47.0 Å². The lowest BCUT2D eigenvalue weighted by molar-refractivity contribution is 0.193. The Morgan fingerprint density at radius 2 is 1.90 bits per heavy atom. The number of para-hydroxylation sites is 1. The number of urea groups is 1. The molecule has 3 aromatic rings. The van der Waals surface area contributed by atoms with Crippen LogP contribution < -0.4 is 19.5 Å². The van der Waals surface area contributed by atoms with Crippen LogP contribution in [0.25, 0.3) is 11.4 Å². The number of nitrogens with zero attached hydrogens (tertiary/aromatic N) is 3. The summed E-state index contributed by atoms with van der Waals surface area (Å²) in [6.45, 7) is 0.579. The van der Waals surface area contributed by atoms with Crippen molar-refractivity contribution in [1.82, 2.24) is 15.0 Å². The van der Waals surface area contributed by atoms with Crippen LogP contribution in [0.2, 0.25) is 0 Å². The molecule has 9 heteroatoms. The van der Waals surface area contributed by atoms with Crippen LogP contribution in [0.1, 0.15) is 24.8 Å². The van der Waals surface area contributed by atoms with Crippen LogP contribution >= 0.6 is 0 Å². The first-order valence-electron chi connectivity index (χ1n) is 9.91. The van der Waals surface area contributed by atoms with E-state index >= 15 is 0 Å². The molecule has 2 heterocycles. The highest BCUT2D eigenvalue weighted by Crippen LogP contribution is 2.35. The number of anilines is 1. The molecule has 1 N–H and O–H groups in total. The van der Waals surface area contributed by atoms with Crippen molar-refractivity contribution >= 4 is 11.7 Å². The van der Waals surface area contributed by atoms with Gasteiger partial charge in [0.05, 0.1) is 32.6 Å². The van der Waals surface area contributed by atoms with E-state index in [2.05, 4.69) is 15.5 Å². The predicted octanol–water partition coefficient (Wildman–Crippen LogP) is 4.13. The summed E-state index contributed by atoms with van der Waals surface area (Å²) in [4.78, 5) is 19.3. The van der Waals surface area contributed by atoms with Gasteiger partial charge < -0.3 is 29.0 Å². The molecular weight excluding hydrogens is 400 g/mol. The first kappa shape index (κ1) is 20.5. The molecule has 1 aliphatic heterocycles. The van der Waals surface area contributed by atoms with Crippen LogP contribution in [-0.2, 0) is 0 Å². The summed E-state index contributed by atoms with van der Waals surface area (Å²) in [5.41, 5.74) is 1.26. The van der Waals surface area contributed by atoms with Gasteiger partial charge in [-0.2, -0.15) is 4.98 Å². The van der Waals surface area contributed by atoms with Crippen molar-refractivity contribution in [1.29, 1.82) is 0 Å². The highest BCUT2D eigenvalue weighted by Gasteiger charge is 2.34. The van der Waals surface area contributed by atoms with Crippen molar-refractivity contribution in [2.24, 2.45) is 0 Å². The largest absolute Gasteiger partial charge is 0.497 e. The number of likely N-dealkylation sites (tertiary alicyclic amines) is 1. The van der Waals surface area contributed by atoms with Crippen molar-refractivity contribution in [3.63, 3.8) is 0 Å². The van der Waals surface area contributed by atoms with Crippen molar-refractivity contribution in [3.8, 4) is 28.6 Å². The molecule has 1 fully saturated rings. The molecule has 1 aliphatic rings. The number of aromatic nitrogens is 2. The van der Waals surface area contributed by atoms with E-state index in [1.807, 2.05) is 24.3 Å². The zero-order valence-corrected chi connectivity index (χ0v) is 17.6. The summed E-state index contributed by atoms with van der Waals surface area (Å²) in [5, 5.41) is 7.01. The Bertz CT molecular complexity index is 1070. The Morgan fingerprint density at radius 3 is 2.68 bits per heavy atom. The molecule has 0 aliphatic carbocycles. The number of hydrogen-bond donors (Lipinski definition) is 1. The fourth-order valence-corrected chi connectivity index (χ4v) is 3.67. The minimum absolute atomic E-state index is 0.272. The minimum atomic E-state index is -0.312. The highest BCUT2D eigenvalue weighted by atomic mass is 16.5. The number of methoxy groups -OCH3 is 3. The van der Waals surface area contributed by atoms with E-state index in [4.69, 9.17) is 18.7 Å². The average molecular weight is 424 g/mol. The average Bonchev–Trinajstić information content (AvgIpc) is 3.48. The summed E-state index contributed by atoms with van der Waals surface area (Å²) < 4.78 is 21.5. The van der Waals surface area contributed by atoms with Crippen molar-refractivity contribution < 1.29 is 23.5 Å². The maximum absolute atomic E-state index is 13.1. The molecule has 0 saturated carbocycles. The molecule has 1 aromatic heterocycles. The zero-order valence-electron chi connectivity index (χ0n) is 17.6. The lowest BCUT2D eigenvalue weighted by Gasteiger charge is -2.23. The standard InChI is InChI=1S/C22H24N4O5/c1-28-14-10-11-19(30-3)16(13-14)23-22(27)26-12-6-8-17(26)21-24-20(25-31-21)15-7-4-5-9-18(15)29-2/h4-5,7,9-11,13,17H,6,8,12H2,1-3H3,(H,23,27)/t17-/m0/s1. The number of benzene rings is 2. The van der Waals surface area contributed by atoms with Gasteiger partial charge in [0.2, 0.25) is 11.7 Å². The monoisotopic (exact) mass is 424 g/mol. The van der Waals surface area contributed by atoms with Crippen molar-refractivity contribution in [2.45, 2.75) is 18.9 Å². The van der Waals surface area contributed by atoms with Gasteiger partial charge >= 0.3 is 6.03 Å². The van der Waals surface area contributed by atoms with E-state index in [0.717, 1.165) is 18.4 Å². The molecule has 162 valence electrons. The van der Waals surface area contributed by atoms with Crippen LogP contribution in [0.5, 0.6) is 17.2 Å². The van der Waals surface area contributed by atoms with Crippen LogP contribution in [0.3, 0.4) is 0 Å². The number of rotatable bonds is 6. The van der Waals surface area contributed by atoms with Gasteiger partial charge in [0, 0.05) is 12.6 Å². The fourth-order valence-electron chi connectivity index (χ4n) is 3.67. The summed E-state index contributed by atoms with van der Waals surface area (Å²) in [5.74, 6) is 2.63. The number of carbonyl (C=O) groups is 1. The Hall–Kier alpha value is -3.75. The zero-order chi connectivity index (χ0) is 21.8. The Morgan fingerprint density at radius 1 is 1.10 bits per heavy atom. The number of hydrogen-bond acceptors (Lipinski definition) is 7. The second kappa shape index (κ2) is 8.95. The fraction of sp³-hybridized carbons (Fsp3) is 0.318. The topological polar surface area (TPSA) is 99.0 Å². The van der Waals surface area contributed by atoms with Gasteiger partial charge in [0.15, 0.2) is 0 Å². The Balaban J connectivity index is 1.55. The summed E-state index contributed by atoms with van der Waals surface area (Å²) >= 11 is 0. The second-order valence-corrected chi connectivity index (χ2v) is 7.00. The van der Waals surface area contributed by atoms with Crippen LogP contribution in [0, 0.1) is 0 Å². The SMILES string of the molecule is COc1ccc(OC)c(NC(=O)N2CCC[C@H]2c2nc(-c3ccccc3OC)no2)c1. The molecule has 31 heavy (non-hydrogen) atoms. The van der Waals surface area contributed by atoms with Gasteiger partial charge in [-0.05, 0) is 37.1 Å². The van der Waals surface area contributed by atoms with E-state index in [-0.39, 0.29) is 12.1 Å². The number of amides is 2. The van der Waals surface area contributed by atoms with Gasteiger partial charge in [-0.15, -0.1) is 0 Å². The molecule has 0 unspecified atom stereocenters. The first-order valence-corrected chi connectivity index (χ1v) is 9.91. The van der Waals surface area contributed by atoms with Crippen molar-refractivity contribution in [3.05, 3.63) is 48.4 Å². The highest BCUT2D eigenvalue weighted by molar-refractivity contribution is 5.91. The molecule has 0 spiro atoms. The van der Waals surface area contributed by atoms with Gasteiger partial charge in [-0.25, -0.2) is 4.79 Å². The van der Waals surface area contributed by atoms with Gasteiger partial charge in [-0.1, -0.05) is 17.3 Å². The quantitative estimate of drug-likeness (QED) is 0.635. The molecule has 0 radical (unpaired) electrons. The summed E-state index contributed by atoms with van der Waals surface area (Å²) in [7, 11) is 4.71. The third kappa shape index (κ3) is 4.11. The summed E-state index contributed by atoms with van der Waals surface area (Å²) in [6.07, 6.45) is 1.57. The normalized spacial score (nSPS) is 15.6. The third-order valence-electron chi connectivity index (χ3n) is 5.24. The van der Waals surface area contributed by atoms with Gasteiger partial charge in [-0.3, -0.25) is 0 Å². The molecule has 9 nitrogen and oxygen atoms in total. The molecule has 4 rings (SSSR count). The molecule has 1 saturated heterocycles. The Kier molecular flexibility index (Phi) is 5.92. The number of ether oxygens (including phenoxy) is 3. The van der Waals surface area contributed by atoms with E-state index in [1.54, 1.807) is 44.4 Å². The third-order valence-corrected chi connectivity index (χ3v) is 5.24. The Labute approximate surface area is 179 Å². The minimum Gasteiger partial charge on any atom is -0.497 e. The number of nitrogens with one attached hydrogen (secondary N) is 1. The predicted molar refractivity (Wildman–Crippen MR) is 114 cm³/mol. The molecule has 2 amide bonds. The number of carbonyl (C=O) groups excluding carboxylic acids is 1. The molecule has 1 atom stereocenters. The molecular formula is C22H24N4O5. The van der Waals surface area contributed by atoms with E-state index in [1.165, 1.54) is 0 Å². The maximum atomic E-state index is 13.1. The maximum Gasteiger partial charge on any atom is 0.322 e. The smallest absolute Gasteiger partial charge is 0.322 e. The van der Waals surface area contributed by atoms with E-state index in [0.29, 0.717) is 41.2 Å². The van der Waals surface area contributed by atoms with E-state index < -0.39 is 0 Å². The second-order valence-electron chi connectivity index (χ2n) is 7.00. The first-order chi connectivity index (χ1) is 15.1. The van der Waals surface area contributed by atoms with Gasteiger partial charge in [0.25, 0.3) is 0 Å².